The Morgan fingerprint density at radius 1 is 0.600 bits per heavy atom. The van der Waals surface area contributed by atoms with E-state index >= 15 is 0 Å². The summed E-state index contributed by atoms with van der Waals surface area (Å²) in [4.78, 5) is 9.22. The summed E-state index contributed by atoms with van der Waals surface area (Å²) < 4.78 is 0. The Kier molecular flexibility index (Phi) is 2.56. The van der Waals surface area contributed by atoms with Crippen LogP contribution in [0.1, 0.15) is 0 Å². The highest BCUT2D eigenvalue weighted by Gasteiger charge is 2.13. The minimum absolute atomic E-state index is 0.596. The standard InChI is InChI=1S/C16H8Cl2N2/c17-13-9-5-1-3-7-11(9)19-16-14(18)10-6-2-4-8-12(10)20-15(13)16/h1-8H. The average molecular weight is 299 g/mol. The molecule has 2 aromatic carbocycles. The summed E-state index contributed by atoms with van der Waals surface area (Å²) in [6.45, 7) is 0. The molecule has 2 heterocycles. The maximum Gasteiger partial charge on any atom is 0.110 e. The zero-order valence-corrected chi connectivity index (χ0v) is 11.8. The van der Waals surface area contributed by atoms with Gasteiger partial charge in [-0.15, -0.1) is 0 Å². The number of para-hydroxylation sites is 2. The summed E-state index contributed by atoms with van der Waals surface area (Å²) in [5, 5.41) is 2.97. The number of halogens is 2. The topological polar surface area (TPSA) is 25.8 Å². The Balaban J connectivity index is 2.31. The van der Waals surface area contributed by atoms with E-state index in [1.165, 1.54) is 0 Å². The maximum atomic E-state index is 6.49. The van der Waals surface area contributed by atoms with E-state index in [1.807, 2.05) is 48.5 Å². The third-order valence-corrected chi connectivity index (χ3v) is 4.15. The van der Waals surface area contributed by atoms with E-state index in [0.29, 0.717) is 21.1 Å². The normalized spacial score (nSPS) is 11.5. The van der Waals surface area contributed by atoms with Crippen molar-refractivity contribution < 1.29 is 0 Å². The van der Waals surface area contributed by atoms with Gasteiger partial charge in [0.25, 0.3) is 0 Å². The fraction of sp³-hybridized carbons (Fsp3) is 0. The third kappa shape index (κ3) is 1.59. The zero-order valence-electron chi connectivity index (χ0n) is 10.3. The van der Waals surface area contributed by atoms with Crippen molar-refractivity contribution in [3.05, 3.63) is 58.6 Å². The lowest BCUT2D eigenvalue weighted by atomic mass is 10.1. The first-order chi connectivity index (χ1) is 9.75. The van der Waals surface area contributed by atoms with E-state index in [9.17, 15) is 0 Å². The van der Waals surface area contributed by atoms with Crippen LogP contribution in [0.4, 0.5) is 0 Å². The van der Waals surface area contributed by atoms with E-state index in [-0.39, 0.29) is 0 Å². The Morgan fingerprint density at radius 2 is 1.00 bits per heavy atom. The molecule has 2 aromatic heterocycles. The molecule has 0 spiro atoms. The number of hydrogen-bond acceptors (Lipinski definition) is 2. The summed E-state index contributed by atoms with van der Waals surface area (Å²) in [5.41, 5.74) is 2.94. The first-order valence-electron chi connectivity index (χ1n) is 6.18. The fourth-order valence-electron chi connectivity index (χ4n) is 2.42. The first kappa shape index (κ1) is 11.9. The lowest BCUT2D eigenvalue weighted by molar-refractivity contribution is 1.43. The van der Waals surface area contributed by atoms with Crippen LogP contribution in [0.15, 0.2) is 48.5 Å². The maximum absolute atomic E-state index is 6.49. The molecule has 0 N–H and O–H groups in total. The number of nitrogens with zero attached hydrogens (tertiary/aromatic N) is 2. The molecule has 4 aromatic rings. The molecule has 96 valence electrons. The highest BCUT2D eigenvalue weighted by molar-refractivity contribution is 6.44. The van der Waals surface area contributed by atoms with Gasteiger partial charge < -0.3 is 0 Å². The Morgan fingerprint density at radius 3 is 1.45 bits per heavy atom. The Bertz CT molecular complexity index is 899. The molecular weight excluding hydrogens is 291 g/mol. The van der Waals surface area contributed by atoms with Crippen molar-refractivity contribution in [2.75, 3.05) is 0 Å². The summed E-state index contributed by atoms with van der Waals surface area (Å²) in [6, 6.07) is 15.5. The van der Waals surface area contributed by atoms with Crippen LogP contribution >= 0.6 is 23.2 Å². The van der Waals surface area contributed by atoms with Crippen LogP contribution in [0.25, 0.3) is 32.8 Å². The molecule has 0 fully saturated rings. The predicted molar refractivity (Wildman–Crippen MR) is 84.6 cm³/mol. The van der Waals surface area contributed by atoms with Gasteiger partial charge in [0.15, 0.2) is 0 Å². The predicted octanol–water partition coefficient (Wildman–Crippen LogP) is 5.24. The molecule has 0 aliphatic carbocycles. The van der Waals surface area contributed by atoms with Crippen molar-refractivity contribution in [3.63, 3.8) is 0 Å². The van der Waals surface area contributed by atoms with Crippen molar-refractivity contribution in [3.8, 4) is 0 Å². The van der Waals surface area contributed by atoms with E-state index in [4.69, 9.17) is 23.2 Å². The summed E-state index contributed by atoms with van der Waals surface area (Å²) in [6.07, 6.45) is 0. The lowest BCUT2D eigenvalue weighted by Crippen LogP contribution is -1.90. The monoisotopic (exact) mass is 298 g/mol. The van der Waals surface area contributed by atoms with Gasteiger partial charge in [0.1, 0.15) is 11.0 Å². The van der Waals surface area contributed by atoms with Gasteiger partial charge in [-0.05, 0) is 12.1 Å². The van der Waals surface area contributed by atoms with Crippen molar-refractivity contribution in [1.29, 1.82) is 0 Å². The van der Waals surface area contributed by atoms with Crippen LogP contribution in [0.2, 0.25) is 10.0 Å². The molecular formula is C16H8Cl2N2. The van der Waals surface area contributed by atoms with E-state index in [1.54, 1.807) is 0 Å². The molecule has 0 atom stereocenters. The molecule has 0 saturated heterocycles. The smallest absolute Gasteiger partial charge is 0.110 e. The minimum atomic E-state index is 0.596. The number of rotatable bonds is 0. The van der Waals surface area contributed by atoms with Gasteiger partial charge in [-0.2, -0.15) is 0 Å². The van der Waals surface area contributed by atoms with Gasteiger partial charge in [-0.25, -0.2) is 9.97 Å². The average Bonchev–Trinajstić information content (AvgIpc) is 2.49. The van der Waals surface area contributed by atoms with Crippen molar-refractivity contribution in [2.45, 2.75) is 0 Å². The van der Waals surface area contributed by atoms with Crippen LogP contribution < -0.4 is 0 Å². The molecule has 0 unspecified atom stereocenters. The molecule has 0 radical (unpaired) electrons. The largest absolute Gasteiger partial charge is 0.244 e. The summed E-state index contributed by atoms with van der Waals surface area (Å²) >= 11 is 13.0. The van der Waals surface area contributed by atoms with Crippen LogP contribution in [-0.4, -0.2) is 9.97 Å². The molecule has 0 bridgehead atoms. The second-order valence-corrected chi connectivity index (χ2v) is 5.34. The highest BCUT2D eigenvalue weighted by Crippen LogP contribution is 2.35. The van der Waals surface area contributed by atoms with Gasteiger partial charge in [0.2, 0.25) is 0 Å². The van der Waals surface area contributed by atoms with Gasteiger partial charge in [0.05, 0.1) is 21.1 Å². The fourth-order valence-corrected chi connectivity index (χ4v) is 3.00. The molecule has 0 saturated carbocycles. The highest BCUT2D eigenvalue weighted by atomic mass is 35.5. The van der Waals surface area contributed by atoms with Crippen LogP contribution in [-0.2, 0) is 0 Å². The van der Waals surface area contributed by atoms with Gasteiger partial charge in [-0.1, -0.05) is 59.6 Å². The third-order valence-electron chi connectivity index (χ3n) is 3.39. The summed E-state index contributed by atoms with van der Waals surface area (Å²) in [7, 11) is 0. The number of aromatic nitrogens is 2. The Labute approximate surface area is 125 Å². The molecule has 2 nitrogen and oxygen atoms in total. The van der Waals surface area contributed by atoms with E-state index in [2.05, 4.69) is 9.97 Å². The summed E-state index contributed by atoms with van der Waals surface area (Å²) in [5.74, 6) is 0. The van der Waals surface area contributed by atoms with Crippen molar-refractivity contribution in [2.24, 2.45) is 0 Å². The van der Waals surface area contributed by atoms with E-state index < -0.39 is 0 Å². The molecule has 0 amide bonds. The number of hydrogen-bond donors (Lipinski definition) is 0. The van der Waals surface area contributed by atoms with Gasteiger partial charge >= 0.3 is 0 Å². The minimum Gasteiger partial charge on any atom is -0.244 e. The van der Waals surface area contributed by atoms with Crippen LogP contribution in [0.3, 0.4) is 0 Å². The van der Waals surface area contributed by atoms with Crippen LogP contribution in [0.5, 0.6) is 0 Å². The lowest BCUT2D eigenvalue weighted by Gasteiger charge is -2.08. The van der Waals surface area contributed by atoms with Crippen molar-refractivity contribution >= 4 is 56.0 Å². The number of pyridine rings is 2. The van der Waals surface area contributed by atoms with Crippen molar-refractivity contribution in [1.82, 2.24) is 9.97 Å². The molecule has 0 aliphatic heterocycles. The molecule has 20 heavy (non-hydrogen) atoms. The first-order valence-corrected chi connectivity index (χ1v) is 6.93. The van der Waals surface area contributed by atoms with Gasteiger partial charge in [0, 0.05) is 10.8 Å². The second kappa shape index (κ2) is 4.30. The SMILES string of the molecule is Clc1c2ccccc2nc2c(Cl)c3ccccc3nc12. The quantitative estimate of drug-likeness (QED) is 0.415. The number of benzene rings is 2. The van der Waals surface area contributed by atoms with E-state index in [0.717, 1.165) is 21.8 Å². The number of fused-ring (bicyclic) bond motifs is 3. The second-order valence-electron chi connectivity index (χ2n) is 4.58. The molecule has 4 heteroatoms. The van der Waals surface area contributed by atoms with Crippen LogP contribution in [0, 0.1) is 0 Å². The molecule has 4 rings (SSSR count). The zero-order chi connectivity index (χ0) is 13.7. The van der Waals surface area contributed by atoms with Gasteiger partial charge in [-0.3, -0.25) is 0 Å². The molecule has 0 aliphatic rings. The Hall–Kier alpha value is -1.90.